The number of benzene rings is 1. The number of esters is 1. The number of hydrogen-bond donors (Lipinski definition) is 1. The fourth-order valence-corrected chi connectivity index (χ4v) is 4.39. The number of rotatable bonds is 6. The van der Waals surface area contributed by atoms with Gasteiger partial charge in [-0.3, -0.25) is 4.57 Å². The highest BCUT2D eigenvalue weighted by atomic mass is 32.2. The topological polar surface area (TPSA) is 117 Å². The maximum Gasteiger partial charge on any atom is 0.357 e. The standard InChI is InChI=1S/C20H18N4O4S2/c1-2-28-19(25)17-12-29-20(23-17)24-11-14(16-4-3-9-22-18(16)24)10-13-5-7-15(8-6-13)30(21,26)27/h3-9,11-12H,2,10H2,1H3,(H2,21,26,27). The van der Waals surface area contributed by atoms with Crippen LogP contribution in [0.25, 0.3) is 16.2 Å². The average molecular weight is 443 g/mol. The molecule has 0 unspecified atom stereocenters. The average Bonchev–Trinajstić information content (AvgIpc) is 3.34. The van der Waals surface area contributed by atoms with E-state index in [0.717, 1.165) is 22.2 Å². The van der Waals surface area contributed by atoms with Crippen LogP contribution < -0.4 is 5.14 Å². The SMILES string of the molecule is CCOC(=O)c1csc(-n2cc(Cc3ccc(S(N)(=O)=O)cc3)c3cccnc32)n1. The Balaban J connectivity index is 1.70. The van der Waals surface area contributed by atoms with Gasteiger partial charge in [-0.05, 0) is 48.7 Å². The van der Waals surface area contributed by atoms with E-state index in [1.807, 2.05) is 22.9 Å². The molecule has 0 radical (unpaired) electrons. The van der Waals surface area contributed by atoms with Gasteiger partial charge in [0.2, 0.25) is 10.0 Å². The number of ether oxygens (including phenoxy) is 1. The van der Waals surface area contributed by atoms with E-state index < -0.39 is 16.0 Å². The molecule has 8 nitrogen and oxygen atoms in total. The summed E-state index contributed by atoms with van der Waals surface area (Å²) in [5.74, 6) is -0.459. The van der Waals surface area contributed by atoms with Crippen molar-refractivity contribution in [1.82, 2.24) is 14.5 Å². The molecule has 0 atom stereocenters. The Hall–Kier alpha value is -3.08. The van der Waals surface area contributed by atoms with Crippen molar-refractivity contribution in [2.75, 3.05) is 6.61 Å². The Morgan fingerprint density at radius 3 is 2.70 bits per heavy atom. The first kappa shape index (κ1) is 20.2. The molecule has 0 aliphatic rings. The van der Waals surface area contributed by atoms with E-state index in [-0.39, 0.29) is 17.2 Å². The third kappa shape index (κ3) is 3.97. The van der Waals surface area contributed by atoms with Crippen LogP contribution in [0.5, 0.6) is 0 Å². The molecule has 4 rings (SSSR count). The molecule has 154 valence electrons. The van der Waals surface area contributed by atoms with E-state index in [1.165, 1.54) is 23.5 Å². The Morgan fingerprint density at radius 1 is 1.23 bits per heavy atom. The monoisotopic (exact) mass is 442 g/mol. The van der Waals surface area contributed by atoms with E-state index in [2.05, 4.69) is 9.97 Å². The fraction of sp³-hybridized carbons (Fsp3) is 0.150. The molecule has 3 aromatic heterocycles. The summed E-state index contributed by atoms with van der Waals surface area (Å²) in [4.78, 5) is 20.9. The van der Waals surface area contributed by atoms with Crippen LogP contribution in [0.3, 0.4) is 0 Å². The highest BCUT2D eigenvalue weighted by Crippen LogP contribution is 2.27. The second-order valence-electron chi connectivity index (χ2n) is 6.50. The number of carbonyl (C=O) groups excluding carboxylic acids is 1. The van der Waals surface area contributed by atoms with Crippen LogP contribution in [0.15, 0.2) is 59.1 Å². The van der Waals surface area contributed by atoms with Crippen molar-refractivity contribution in [1.29, 1.82) is 0 Å². The van der Waals surface area contributed by atoms with Gasteiger partial charge < -0.3 is 4.74 Å². The third-order valence-electron chi connectivity index (χ3n) is 4.47. The van der Waals surface area contributed by atoms with Gasteiger partial charge in [0.05, 0.1) is 11.5 Å². The van der Waals surface area contributed by atoms with Crippen molar-refractivity contribution in [2.45, 2.75) is 18.2 Å². The molecule has 0 spiro atoms. The molecule has 10 heteroatoms. The molecule has 0 saturated carbocycles. The first-order chi connectivity index (χ1) is 14.4. The van der Waals surface area contributed by atoms with Crippen LogP contribution >= 0.6 is 11.3 Å². The van der Waals surface area contributed by atoms with Gasteiger partial charge in [-0.15, -0.1) is 11.3 Å². The maximum atomic E-state index is 11.9. The van der Waals surface area contributed by atoms with Crippen LogP contribution in [-0.2, 0) is 21.2 Å². The minimum Gasteiger partial charge on any atom is -0.461 e. The number of aromatic nitrogens is 3. The van der Waals surface area contributed by atoms with Gasteiger partial charge in [-0.25, -0.2) is 28.3 Å². The minimum atomic E-state index is -3.73. The van der Waals surface area contributed by atoms with Gasteiger partial charge in [0.25, 0.3) is 0 Å². The van der Waals surface area contributed by atoms with Crippen molar-refractivity contribution in [3.05, 3.63) is 71.0 Å². The first-order valence-electron chi connectivity index (χ1n) is 9.06. The van der Waals surface area contributed by atoms with E-state index in [1.54, 1.807) is 30.6 Å². The molecular formula is C20H18N4O4S2. The zero-order valence-electron chi connectivity index (χ0n) is 16.0. The predicted molar refractivity (Wildman–Crippen MR) is 113 cm³/mol. The van der Waals surface area contributed by atoms with Crippen LogP contribution in [0.2, 0.25) is 0 Å². The molecule has 0 amide bonds. The van der Waals surface area contributed by atoms with Crippen LogP contribution in [0.1, 0.15) is 28.5 Å². The highest BCUT2D eigenvalue weighted by Gasteiger charge is 2.17. The molecule has 30 heavy (non-hydrogen) atoms. The molecular weight excluding hydrogens is 424 g/mol. The Morgan fingerprint density at radius 2 is 2.00 bits per heavy atom. The minimum absolute atomic E-state index is 0.0737. The molecule has 3 heterocycles. The lowest BCUT2D eigenvalue weighted by atomic mass is 10.1. The molecule has 2 N–H and O–H groups in total. The van der Waals surface area contributed by atoms with Gasteiger partial charge in [0.15, 0.2) is 10.8 Å². The lowest BCUT2D eigenvalue weighted by Gasteiger charge is -2.02. The summed E-state index contributed by atoms with van der Waals surface area (Å²) in [7, 11) is -3.73. The number of hydrogen-bond acceptors (Lipinski definition) is 7. The maximum absolute atomic E-state index is 11.9. The van der Waals surface area contributed by atoms with Gasteiger partial charge in [0, 0.05) is 23.2 Å². The number of pyridine rings is 1. The second kappa shape index (κ2) is 7.98. The first-order valence-corrected chi connectivity index (χ1v) is 11.5. The number of thiazole rings is 1. The van der Waals surface area contributed by atoms with Crippen molar-refractivity contribution < 1.29 is 17.9 Å². The quantitative estimate of drug-likeness (QED) is 0.459. The molecule has 0 aliphatic carbocycles. The fourth-order valence-electron chi connectivity index (χ4n) is 3.10. The summed E-state index contributed by atoms with van der Waals surface area (Å²) in [5.41, 5.74) is 2.90. The van der Waals surface area contributed by atoms with Crippen LogP contribution in [0.4, 0.5) is 0 Å². The van der Waals surface area contributed by atoms with E-state index in [4.69, 9.17) is 9.88 Å². The number of sulfonamides is 1. The third-order valence-corrected chi connectivity index (χ3v) is 6.24. The zero-order valence-corrected chi connectivity index (χ0v) is 17.6. The lowest BCUT2D eigenvalue weighted by Crippen LogP contribution is -2.11. The van der Waals surface area contributed by atoms with E-state index in [0.29, 0.717) is 11.6 Å². The number of nitrogens with two attached hydrogens (primary N) is 1. The summed E-state index contributed by atoms with van der Waals surface area (Å²) < 4.78 is 29.8. The number of carbonyl (C=O) groups is 1. The highest BCUT2D eigenvalue weighted by molar-refractivity contribution is 7.89. The largest absolute Gasteiger partial charge is 0.461 e. The van der Waals surface area contributed by atoms with Crippen molar-refractivity contribution in [2.24, 2.45) is 5.14 Å². The summed E-state index contributed by atoms with van der Waals surface area (Å²) in [5, 5.41) is 8.38. The predicted octanol–water partition coefficient (Wildman–Crippen LogP) is 2.90. The van der Waals surface area contributed by atoms with E-state index >= 15 is 0 Å². The number of fused-ring (bicyclic) bond motifs is 1. The number of nitrogens with zero attached hydrogens (tertiary/aromatic N) is 3. The molecule has 0 saturated heterocycles. The summed E-state index contributed by atoms with van der Waals surface area (Å²) >= 11 is 1.33. The molecule has 0 bridgehead atoms. The van der Waals surface area contributed by atoms with Crippen LogP contribution in [-0.4, -0.2) is 35.5 Å². The molecule has 0 fully saturated rings. The smallest absolute Gasteiger partial charge is 0.357 e. The Bertz CT molecular complexity index is 1320. The van der Waals surface area contributed by atoms with Crippen molar-refractivity contribution >= 4 is 38.4 Å². The normalized spacial score (nSPS) is 11.7. The summed E-state index contributed by atoms with van der Waals surface area (Å²) in [6, 6.07) is 10.3. The second-order valence-corrected chi connectivity index (χ2v) is 8.90. The van der Waals surface area contributed by atoms with Crippen molar-refractivity contribution in [3.63, 3.8) is 0 Å². The molecule has 4 aromatic rings. The van der Waals surface area contributed by atoms with Crippen molar-refractivity contribution in [3.8, 4) is 5.13 Å². The van der Waals surface area contributed by atoms with E-state index in [9.17, 15) is 13.2 Å². The zero-order chi connectivity index (χ0) is 21.3. The number of primary sulfonamides is 1. The van der Waals surface area contributed by atoms with Crippen LogP contribution in [0, 0.1) is 0 Å². The van der Waals surface area contributed by atoms with Gasteiger partial charge in [-0.2, -0.15) is 0 Å². The summed E-state index contributed by atoms with van der Waals surface area (Å²) in [6.45, 7) is 2.03. The summed E-state index contributed by atoms with van der Waals surface area (Å²) in [6.07, 6.45) is 4.19. The lowest BCUT2D eigenvalue weighted by molar-refractivity contribution is 0.0520. The van der Waals surface area contributed by atoms with Gasteiger partial charge in [-0.1, -0.05) is 12.1 Å². The van der Waals surface area contributed by atoms with Gasteiger partial charge in [0.1, 0.15) is 5.65 Å². The molecule has 1 aromatic carbocycles. The molecule has 0 aliphatic heterocycles. The Kier molecular flexibility index (Phi) is 5.37. The van der Waals surface area contributed by atoms with Gasteiger partial charge >= 0.3 is 5.97 Å². The Labute approximate surface area is 177 Å².